The molecule has 0 radical (unpaired) electrons. The first-order valence-electron chi connectivity index (χ1n) is 10.6. The minimum absolute atomic E-state index is 0.0855. The monoisotopic (exact) mass is 464 g/mol. The van der Waals surface area contributed by atoms with E-state index in [1.165, 1.54) is 55.2 Å². The molecule has 10 heteroatoms. The summed E-state index contributed by atoms with van der Waals surface area (Å²) in [6.07, 6.45) is 7.97. The van der Waals surface area contributed by atoms with E-state index in [0.717, 1.165) is 28.6 Å². The third kappa shape index (κ3) is 5.12. The number of unbranched alkanes of at least 4 members (excludes halogenated alkanes) is 5. The Morgan fingerprint density at radius 2 is 1.84 bits per heavy atom. The van der Waals surface area contributed by atoms with E-state index in [1.54, 1.807) is 13.8 Å². The van der Waals surface area contributed by atoms with Crippen molar-refractivity contribution in [2.24, 2.45) is 0 Å². The second kappa shape index (κ2) is 9.86. The van der Waals surface area contributed by atoms with E-state index < -0.39 is 27.9 Å². The number of fused-ring (bicyclic) bond motifs is 1. The summed E-state index contributed by atoms with van der Waals surface area (Å²) in [5.41, 5.74) is 0.232. The molecule has 0 fully saturated rings. The van der Waals surface area contributed by atoms with Crippen LogP contribution in [0, 0.1) is 0 Å². The van der Waals surface area contributed by atoms with Crippen LogP contribution in [-0.4, -0.2) is 40.8 Å². The predicted octanol–water partition coefficient (Wildman–Crippen LogP) is 4.25. The molecule has 0 spiro atoms. The van der Waals surface area contributed by atoms with Crippen LogP contribution in [0.1, 0.15) is 85.0 Å². The first-order chi connectivity index (χ1) is 14.8. The number of nitrogens with one attached hydrogen (secondary N) is 1. The Hall–Kier alpha value is -2.33. The number of hydrogen-bond acceptors (Lipinski definition) is 7. The molecule has 8 nitrogen and oxygen atoms in total. The van der Waals surface area contributed by atoms with Crippen LogP contribution in [0.3, 0.4) is 0 Å². The van der Waals surface area contributed by atoms with Gasteiger partial charge in [-0.3, -0.25) is 14.9 Å². The number of aryl methyl sites for hydroxylation is 1. The zero-order chi connectivity index (χ0) is 22.6. The largest absolute Gasteiger partial charge is 0.296 e. The smallest absolute Gasteiger partial charge is 0.269 e. The summed E-state index contributed by atoms with van der Waals surface area (Å²) >= 11 is 1.32. The maximum atomic E-state index is 12.7. The van der Waals surface area contributed by atoms with E-state index >= 15 is 0 Å². The molecule has 0 atom stereocenters. The fraction of sp³-hybridized carbons (Fsp3) is 0.524. The number of benzene rings is 1. The van der Waals surface area contributed by atoms with Crippen molar-refractivity contribution in [1.29, 1.82) is 0 Å². The maximum Gasteiger partial charge on any atom is 0.269 e. The average molecular weight is 465 g/mol. The highest BCUT2D eigenvalue weighted by atomic mass is 32.2. The number of aromatic nitrogens is 2. The molecule has 0 saturated heterocycles. The predicted molar refractivity (Wildman–Crippen MR) is 120 cm³/mol. The van der Waals surface area contributed by atoms with Gasteiger partial charge in [0.1, 0.15) is 9.90 Å². The second-order valence-electron chi connectivity index (χ2n) is 7.88. The molecule has 0 saturated carbocycles. The minimum Gasteiger partial charge on any atom is -0.296 e. The highest BCUT2D eigenvalue weighted by Gasteiger charge is 2.42. The molecule has 0 aliphatic carbocycles. The normalized spacial score (nSPS) is 14.8. The van der Waals surface area contributed by atoms with Gasteiger partial charge in [-0.25, -0.2) is 12.7 Å². The molecule has 2 amide bonds. The molecule has 3 rings (SSSR count). The number of rotatable bonds is 10. The van der Waals surface area contributed by atoms with Gasteiger partial charge in [0.2, 0.25) is 5.13 Å². The second-order valence-corrected chi connectivity index (χ2v) is 10.7. The Kier molecular flexibility index (Phi) is 7.42. The van der Waals surface area contributed by atoms with Crippen LogP contribution in [0.4, 0.5) is 5.13 Å². The highest BCUT2D eigenvalue weighted by molar-refractivity contribution is 7.90. The van der Waals surface area contributed by atoms with Gasteiger partial charge >= 0.3 is 0 Å². The van der Waals surface area contributed by atoms with Gasteiger partial charge in [0.25, 0.3) is 21.8 Å². The van der Waals surface area contributed by atoms with Crippen LogP contribution in [0.15, 0.2) is 23.1 Å². The van der Waals surface area contributed by atoms with Crippen molar-refractivity contribution in [2.75, 3.05) is 5.32 Å². The summed E-state index contributed by atoms with van der Waals surface area (Å²) in [7, 11) is -3.96. The summed E-state index contributed by atoms with van der Waals surface area (Å²) < 4.78 is 26.3. The van der Waals surface area contributed by atoms with Gasteiger partial charge in [0, 0.05) is 18.0 Å². The van der Waals surface area contributed by atoms with Crippen molar-refractivity contribution >= 4 is 38.3 Å². The zero-order valence-electron chi connectivity index (χ0n) is 18.1. The van der Waals surface area contributed by atoms with E-state index in [2.05, 4.69) is 22.4 Å². The molecule has 168 valence electrons. The maximum absolute atomic E-state index is 12.7. The Balaban J connectivity index is 1.64. The Morgan fingerprint density at radius 3 is 2.55 bits per heavy atom. The topological polar surface area (TPSA) is 109 Å². The first kappa shape index (κ1) is 23.3. The van der Waals surface area contributed by atoms with E-state index in [1.807, 2.05) is 0 Å². The van der Waals surface area contributed by atoms with Crippen LogP contribution >= 0.6 is 11.3 Å². The van der Waals surface area contributed by atoms with Crippen molar-refractivity contribution in [3.8, 4) is 0 Å². The van der Waals surface area contributed by atoms with Gasteiger partial charge in [-0.2, -0.15) is 0 Å². The standard InChI is InChI=1S/C21H28N4O4S2/c1-4-5-6-7-8-9-10-18-23-24-21(30-18)22-19(26)15-11-12-16-17(13-15)31(28,29)25(14(2)3)20(16)27/h11-14H,4-10H2,1-3H3,(H,22,24,26). The molecule has 1 N–H and O–H groups in total. The molecular weight excluding hydrogens is 436 g/mol. The van der Waals surface area contributed by atoms with E-state index in [9.17, 15) is 18.0 Å². The number of anilines is 1. The van der Waals surface area contributed by atoms with Gasteiger partial charge < -0.3 is 0 Å². The average Bonchev–Trinajstić information content (AvgIpc) is 3.24. The quantitative estimate of drug-likeness (QED) is 0.527. The van der Waals surface area contributed by atoms with Gasteiger partial charge in [0.05, 0.1) is 5.56 Å². The SMILES string of the molecule is CCCCCCCCc1nnc(NC(=O)c2ccc3c(c2)S(=O)(=O)N(C(C)C)C3=O)s1. The number of hydrogen-bond donors (Lipinski definition) is 1. The molecule has 31 heavy (non-hydrogen) atoms. The Morgan fingerprint density at radius 1 is 1.13 bits per heavy atom. The minimum atomic E-state index is -3.96. The lowest BCUT2D eigenvalue weighted by molar-refractivity contribution is 0.0846. The number of amides is 2. The summed E-state index contributed by atoms with van der Waals surface area (Å²) in [4.78, 5) is 24.9. The summed E-state index contributed by atoms with van der Waals surface area (Å²) in [6, 6.07) is 3.58. The Bertz CT molecular complexity index is 1060. The van der Waals surface area contributed by atoms with Crippen molar-refractivity contribution in [2.45, 2.75) is 76.7 Å². The molecule has 0 bridgehead atoms. The van der Waals surface area contributed by atoms with Crippen LogP contribution in [0.25, 0.3) is 0 Å². The van der Waals surface area contributed by atoms with Crippen molar-refractivity contribution < 1.29 is 18.0 Å². The summed E-state index contributed by atoms with van der Waals surface area (Å²) in [6.45, 7) is 5.46. The fourth-order valence-electron chi connectivity index (χ4n) is 3.53. The molecule has 1 aromatic carbocycles. The van der Waals surface area contributed by atoms with Crippen molar-refractivity contribution in [3.05, 3.63) is 34.3 Å². The van der Waals surface area contributed by atoms with Crippen LogP contribution in [0.5, 0.6) is 0 Å². The number of carbonyl (C=O) groups excluding carboxylic acids is 2. The molecule has 2 aromatic rings. The zero-order valence-corrected chi connectivity index (χ0v) is 19.7. The lowest BCUT2D eigenvalue weighted by atomic mass is 10.1. The van der Waals surface area contributed by atoms with Crippen LogP contribution < -0.4 is 5.32 Å². The van der Waals surface area contributed by atoms with E-state index in [4.69, 9.17) is 0 Å². The van der Waals surface area contributed by atoms with Gasteiger partial charge in [0.15, 0.2) is 0 Å². The van der Waals surface area contributed by atoms with Gasteiger partial charge in [-0.15, -0.1) is 10.2 Å². The first-order valence-corrected chi connectivity index (χ1v) is 12.9. The molecule has 1 aromatic heterocycles. The molecule has 0 unspecified atom stereocenters. The van der Waals surface area contributed by atoms with Crippen molar-refractivity contribution in [1.82, 2.24) is 14.5 Å². The van der Waals surface area contributed by atoms with Crippen LogP contribution in [0.2, 0.25) is 0 Å². The number of sulfonamides is 1. The summed E-state index contributed by atoms with van der Waals surface area (Å²) in [5, 5.41) is 12.0. The summed E-state index contributed by atoms with van der Waals surface area (Å²) in [5.74, 6) is -1.06. The Labute approximate surface area is 187 Å². The fourth-order valence-corrected chi connectivity index (χ4v) is 6.10. The lowest BCUT2D eigenvalue weighted by Crippen LogP contribution is -2.36. The molecule has 2 heterocycles. The molecule has 1 aliphatic rings. The molecular formula is C21H28N4O4S2. The van der Waals surface area contributed by atoms with Gasteiger partial charge in [-0.05, 0) is 38.5 Å². The van der Waals surface area contributed by atoms with Crippen LogP contribution in [-0.2, 0) is 16.4 Å². The lowest BCUT2D eigenvalue weighted by Gasteiger charge is -2.18. The van der Waals surface area contributed by atoms with Gasteiger partial charge in [-0.1, -0.05) is 50.4 Å². The third-order valence-electron chi connectivity index (χ3n) is 5.11. The van der Waals surface area contributed by atoms with Crippen molar-refractivity contribution in [3.63, 3.8) is 0 Å². The number of carbonyl (C=O) groups is 2. The molecule has 1 aliphatic heterocycles. The highest BCUT2D eigenvalue weighted by Crippen LogP contribution is 2.32. The number of nitrogens with zero attached hydrogens (tertiary/aromatic N) is 3. The van der Waals surface area contributed by atoms with E-state index in [-0.39, 0.29) is 16.0 Å². The van der Waals surface area contributed by atoms with E-state index in [0.29, 0.717) is 5.13 Å². The third-order valence-corrected chi connectivity index (χ3v) is 8.01.